The number of hydrogen-bond donors (Lipinski definition) is 2. The molecule has 1 atom stereocenters. The van der Waals surface area contributed by atoms with Crippen molar-refractivity contribution in [2.24, 2.45) is 0 Å². The third kappa shape index (κ3) is 3.15. The van der Waals surface area contributed by atoms with E-state index in [0.717, 1.165) is 35.1 Å². The van der Waals surface area contributed by atoms with Crippen LogP contribution in [-0.2, 0) is 0 Å². The monoisotopic (exact) mass is 351 g/mol. The molecule has 0 saturated carbocycles. The van der Waals surface area contributed by atoms with Gasteiger partial charge in [0.2, 0.25) is 0 Å². The summed E-state index contributed by atoms with van der Waals surface area (Å²) in [4.78, 5) is 17.4. The molecule has 3 heterocycles. The molecule has 1 fully saturated rings. The van der Waals surface area contributed by atoms with Gasteiger partial charge in [0.05, 0.1) is 12.3 Å². The van der Waals surface area contributed by atoms with Gasteiger partial charge in [0.1, 0.15) is 5.69 Å². The average molecular weight is 351 g/mol. The van der Waals surface area contributed by atoms with Crippen LogP contribution in [0, 0.1) is 6.92 Å². The molecule has 1 aliphatic heterocycles. The summed E-state index contributed by atoms with van der Waals surface area (Å²) in [5, 5.41) is 13.7. The van der Waals surface area contributed by atoms with Crippen molar-refractivity contribution in [3.05, 3.63) is 54.0 Å². The van der Waals surface area contributed by atoms with Gasteiger partial charge in [-0.15, -0.1) is 0 Å². The van der Waals surface area contributed by atoms with Crippen LogP contribution >= 0.6 is 0 Å². The summed E-state index contributed by atoms with van der Waals surface area (Å²) in [6.45, 7) is 3.09. The Balaban J connectivity index is 1.61. The Labute approximate surface area is 151 Å². The minimum atomic E-state index is -0.440. The van der Waals surface area contributed by atoms with Gasteiger partial charge in [-0.25, -0.2) is 0 Å². The molecule has 1 aliphatic rings. The first-order valence-corrected chi connectivity index (χ1v) is 8.79. The molecule has 0 aliphatic carbocycles. The van der Waals surface area contributed by atoms with Gasteiger partial charge in [-0.1, -0.05) is 35.0 Å². The van der Waals surface area contributed by atoms with Gasteiger partial charge >= 0.3 is 0 Å². The minimum absolute atomic E-state index is 0.105. The van der Waals surface area contributed by atoms with Crippen molar-refractivity contribution in [1.29, 1.82) is 0 Å². The van der Waals surface area contributed by atoms with E-state index < -0.39 is 6.10 Å². The lowest BCUT2D eigenvalue weighted by molar-refractivity contribution is 0.0469. The van der Waals surface area contributed by atoms with Crippen molar-refractivity contribution in [2.45, 2.75) is 25.9 Å². The number of benzene rings is 1. The van der Waals surface area contributed by atoms with E-state index in [1.807, 2.05) is 25.1 Å². The number of aliphatic hydroxyl groups is 1. The number of nitrogens with one attached hydrogen (secondary N) is 1. The molecule has 6 nitrogen and oxygen atoms in total. The lowest BCUT2D eigenvalue weighted by atomic mass is 10.0. The largest absolute Gasteiger partial charge is 0.391 e. The van der Waals surface area contributed by atoms with Crippen LogP contribution in [0.2, 0.25) is 0 Å². The Bertz CT molecular complexity index is 928. The molecule has 0 bridgehead atoms. The zero-order valence-electron chi connectivity index (χ0n) is 14.6. The van der Waals surface area contributed by atoms with Gasteiger partial charge in [-0.3, -0.25) is 4.79 Å². The topological polar surface area (TPSA) is 82.4 Å². The smallest absolute Gasteiger partial charge is 0.270 e. The first-order chi connectivity index (χ1) is 12.6. The van der Waals surface area contributed by atoms with Gasteiger partial charge in [0.15, 0.2) is 5.76 Å². The van der Waals surface area contributed by atoms with Crippen LogP contribution in [0.3, 0.4) is 0 Å². The fraction of sp³-hybridized carbons (Fsp3) is 0.300. The van der Waals surface area contributed by atoms with Crippen LogP contribution in [0.4, 0.5) is 0 Å². The van der Waals surface area contributed by atoms with Crippen molar-refractivity contribution in [3.63, 3.8) is 0 Å². The highest BCUT2D eigenvalue weighted by Crippen LogP contribution is 2.33. The molecule has 1 unspecified atom stereocenters. The Hall–Kier alpha value is -2.86. The number of aromatic nitrogens is 2. The predicted molar refractivity (Wildman–Crippen MR) is 97.6 cm³/mol. The number of β-amino-alcohol motifs (C(OH)–C–C–N with tert-alkyl or cyclic N) is 1. The molecule has 26 heavy (non-hydrogen) atoms. The first-order valence-electron chi connectivity index (χ1n) is 8.79. The second-order valence-electron chi connectivity index (χ2n) is 6.79. The van der Waals surface area contributed by atoms with Crippen molar-refractivity contribution in [2.75, 3.05) is 13.1 Å². The number of nitrogens with zero attached hydrogens (tertiary/aromatic N) is 2. The van der Waals surface area contributed by atoms with Gasteiger partial charge in [-0.2, -0.15) is 0 Å². The molecule has 0 spiro atoms. The number of aryl methyl sites for hydroxylation is 1. The van der Waals surface area contributed by atoms with Crippen molar-refractivity contribution in [1.82, 2.24) is 15.0 Å². The Morgan fingerprint density at radius 3 is 3.04 bits per heavy atom. The molecular formula is C20H21N3O3. The van der Waals surface area contributed by atoms with E-state index in [-0.39, 0.29) is 5.91 Å². The van der Waals surface area contributed by atoms with E-state index in [1.54, 1.807) is 23.4 Å². The normalized spacial score (nSPS) is 17.5. The Morgan fingerprint density at radius 1 is 1.35 bits per heavy atom. The highest BCUT2D eigenvalue weighted by molar-refractivity contribution is 5.94. The number of carbonyl (C=O) groups excluding carboxylic acids is 1. The number of aliphatic hydroxyl groups excluding tert-OH is 1. The van der Waals surface area contributed by atoms with E-state index >= 15 is 0 Å². The molecule has 1 saturated heterocycles. The zero-order chi connectivity index (χ0) is 18.1. The van der Waals surface area contributed by atoms with E-state index in [9.17, 15) is 9.90 Å². The molecule has 134 valence electrons. The lowest BCUT2D eigenvalue weighted by Crippen LogP contribution is -2.42. The second-order valence-corrected chi connectivity index (χ2v) is 6.79. The van der Waals surface area contributed by atoms with Crippen molar-refractivity contribution < 1.29 is 14.4 Å². The number of carbonyl (C=O) groups is 1. The molecule has 6 heteroatoms. The Kier molecular flexibility index (Phi) is 4.34. The van der Waals surface area contributed by atoms with Crippen LogP contribution in [0.1, 0.15) is 28.9 Å². The zero-order valence-corrected chi connectivity index (χ0v) is 14.6. The van der Waals surface area contributed by atoms with Crippen LogP contribution in [0.15, 0.2) is 47.2 Å². The van der Waals surface area contributed by atoms with Crippen LogP contribution < -0.4 is 0 Å². The molecule has 3 aromatic rings. The van der Waals surface area contributed by atoms with Gasteiger partial charge in [0.25, 0.3) is 5.91 Å². The summed E-state index contributed by atoms with van der Waals surface area (Å²) in [5.74, 6) is 0.524. The molecule has 2 N–H and O–H groups in total. The third-order valence-corrected chi connectivity index (χ3v) is 4.76. The van der Waals surface area contributed by atoms with Crippen LogP contribution in [-0.4, -0.2) is 45.2 Å². The standard InChI is InChI=1S/C20H21N3O3/c1-13-4-2-5-14(8-13)17-11-22-26-19(17)15-9-18(21-10-15)20(25)23-7-3-6-16(24)12-23/h2,4-5,8-11,16,21,24H,3,6-7,12H2,1H3. The van der Waals surface area contributed by atoms with Crippen LogP contribution in [0.25, 0.3) is 22.5 Å². The molecular weight excluding hydrogens is 330 g/mol. The lowest BCUT2D eigenvalue weighted by Gasteiger charge is -2.29. The average Bonchev–Trinajstić information content (AvgIpc) is 3.30. The highest BCUT2D eigenvalue weighted by atomic mass is 16.5. The fourth-order valence-corrected chi connectivity index (χ4v) is 3.42. The van der Waals surface area contributed by atoms with E-state index in [4.69, 9.17) is 4.52 Å². The SMILES string of the molecule is Cc1cccc(-c2cnoc2-c2c[nH]c(C(=O)N3CCCC(O)C3)c2)c1. The van der Waals surface area contributed by atoms with Crippen molar-refractivity contribution in [3.8, 4) is 22.5 Å². The summed E-state index contributed by atoms with van der Waals surface area (Å²) in [7, 11) is 0. The number of rotatable bonds is 3. The summed E-state index contributed by atoms with van der Waals surface area (Å²) in [6.07, 6.45) is 4.58. The number of H-pyrrole nitrogens is 1. The summed E-state index contributed by atoms with van der Waals surface area (Å²) < 4.78 is 5.47. The minimum Gasteiger partial charge on any atom is -0.391 e. The molecule has 0 radical (unpaired) electrons. The summed E-state index contributed by atoms with van der Waals surface area (Å²) in [5.41, 5.74) is 4.33. The van der Waals surface area contributed by atoms with E-state index in [0.29, 0.717) is 24.5 Å². The number of piperidine rings is 1. The molecule has 1 amide bonds. The second kappa shape index (κ2) is 6.80. The summed E-state index contributed by atoms with van der Waals surface area (Å²) >= 11 is 0. The predicted octanol–water partition coefficient (Wildman–Crippen LogP) is 3.24. The quantitative estimate of drug-likeness (QED) is 0.759. The van der Waals surface area contributed by atoms with Gasteiger partial charge in [-0.05, 0) is 31.4 Å². The molecule has 1 aromatic carbocycles. The van der Waals surface area contributed by atoms with E-state index in [1.165, 1.54) is 0 Å². The van der Waals surface area contributed by atoms with Crippen molar-refractivity contribution >= 4 is 5.91 Å². The Morgan fingerprint density at radius 2 is 2.23 bits per heavy atom. The summed E-state index contributed by atoms with van der Waals surface area (Å²) in [6, 6.07) is 9.90. The third-order valence-electron chi connectivity index (χ3n) is 4.76. The molecule has 2 aromatic heterocycles. The number of likely N-dealkylation sites (tertiary alicyclic amines) is 1. The maximum absolute atomic E-state index is 12.7. The first kappa shape index (κ1) is 16.6. The van der Waals surface area contributed by atoms with E-state index in [2.05, 4.69) is 16.2 Å². The van der Waals surface area contributed by atoms with Gasteiger partial charge < -0.3 is 19.5 Å². The number of amides is 1. The fourth-order valence-electron chi connectivity index (χ4n) is 3.42. The number of hydrogen-bond acceptors (Lipinski definition) is 4. The maximum atomic E-state index is 12.7. The maximum Gasteiger partial charge on any atom is 0.270 e. The highest BCUT2D eigenvalue weighted by Gasteiger charge is 2.25. The van der Waals surface area contributed by atoms with Crippen LogP contribution in [0.5, 0.6) is 0 Å². The number of aromatic amines is 1. The molecule has 4 rings (SSSR count). The van der Waals surface area contributed by atoms with Gasteiger partial charge in [0, 0.05) is 30.4 Å².